The summed E-state index contributed by atoms with van der Waals surface area (Å²) in [6.07, 6.45) is 3.52. The molecule has 0 atom stereocenters. The van der Waals surface area contributed by atoms with E-state index in [1.807, 2.05) is 60.4 Å². The maximum atomic E-state index is 13.4. The summed E-state index contributed by atoms with van der Waals surface area (Å²) in [4.78, 5) is 16.4. The Morgan fingerprint density at radius 3 is 2.55 bits per heavy atom. The van der Waals surface area contributed by atoms with Crippen LogP contribution in [0, 0.1) is 10.7 Å². The van der Waals surface area contributed by atoms with Crippen molar-refractivity contribution in [1.82, 2.24) is 0 Å². The molecule has 148 valence electrons. The average molecular weight is 440 g/mol. The predicted octanol–water partition coefficient (Wildman–Crippen LogP) is 6.82. The van der Waals surface area contributed by atoms with Gasteiger partial charge < -0.3 is 4.74 Å². The molecule has 0 saturated heterocycles. The third kappa shape index (κ3) is 3.45. The molecule has 1 aliphatic heterocycles. The highest BCUT2D eigenvalue weighted by atomic mass is 32.9. The molecule has 0 spiro atoms. The summed E-state index contributed by atoms with van der Waals surface area (Å²) in [7, 11) is 4.88. The summed E-state index contributed by atoms with van der Waals surface area (Å²) in [6, 6.07) is 13.9. The van der Waals surface area contributed by atoms with Gasteiger partial charge in [0.2, 0.25) is 0 Å². The number of rotatable bonds is 3. The number of nitrogens with zero attached hydrogens (tertiary/aromatic N) is 1. The first-order chi connectivity index (χ1) is 13.8. The molecule has 4 rings (SSSR count). The fourth-order valence-corrected chi connectivity index (χ4v) is 6.93. The molecule has 2 aromatic carbocycles. The van der Waals surface area contributed by atoms with E-state index in [0.717, 1.165) is 36.8 Å². The van der Waals surface area contributed by atoms with Gasteiger partial charge in [0.15, 0.2) is 0 Å². The molecular weight excluding hydrogens is 418 g/mol. The molecule has 1 aliphatic rings. The van der Waals surface area contributed by atoms with E-state index in [0.29, 0.717) is 0 Å². The van der Waals surface area contributed by atoms with Crippen molar-refractivity contribution in [2.45, 2.75) is 26.3 Å². The van der Waals surface area contributed by atoms with Gasteiger partial charge in [0.1, 0.15) is 9.57 Å². The summed E-state index contributed by atoms with van der Waals surface area (Å²) in [5.74, 6) is 0.694. The summed E-state index contributed by atoms with van der Waals surface area (Å²) < 4.78 is 6.29. The minimum absolute atomic E-state index is 0.0584. The van der Waals surface area contributed by atoms with Crippen LogP contribution in [0.2, 0.25) is 0 Å². The van der Waals surface area contributed by atoms with E-state index in [4.69, 9.17) is 17.0 Å². The first-order valence-corrected chi connectivity index (χ1v) is 11.8. The van der Waals surface area contributed by atoms with Gasteiger partial charge in [-0.05, 0) is 50.6 Å². The third-order valence-corrected chi connectivity index (χ3v) is 8.51. The number of carbonyl (C=O) groups excluding carboxylic acids is 1. The number of fused-ring (bicyclic) bond motifs is 3. The quantitative estimate of drug-likeness (QED) is 0.255. The van der Waals surface area contributed by atoms with Crippen molar-refractivity contribution in [3.8, 4) is 16.9 Å². The number of anilines is 1. The number of ether oxygens (including phenoxy) is 1. The molecule has 1 amide bonds. The standard InChI is InChI=1S/C23H21NO2S3/c1-14-5-7-15(8-6-14)9-12-19(25)24-18-11-10-16(26-4)13-17(18)20-21(23(24,2)3)28-29-22(20)27/h5-13H,1-4H3/b12-9-. The highest BCUT2D eigenvalue weighted by Crippen LogP contribution is 2.52. The molecule has 0 unspecified atom stereocenters. The normalized spacial score (nSPS) is 14.6. The predicted molar refractivity (Wildman–Crippen MR) is 126 cm³/mol. The van der Waals surface area contributed by atoms with Crippen molar-refractivity contribution in [1.29, 1.82) is 0 Å². The Morgan fingerprint density at radius 2 is 1.86 bits per heavy atom. The van der Waals surface area contributed by atoms with Gasteiger partial charge in [0, 0.05) is 17.2 Å². The topological polar surface area (TPSA) is 29.5 Å². The molecule has 0 aliphatic carbocycles. The molecule has 0 radical (unpaired) electrons. The summed E-state index contributed by atoms with van der Waals surface area (Å²) in [6.45, 7) is 6.20. The van der Waals surface area contributed by atoms with Crippen LogP contribution in [-0.2, 0) is 10.3 Å². The molecule has 29 heavy (non-hydrogen) atoms. The van der Waals surface area contributed by atoms with Gasteiger partial charge in [-0.2, -0.15) is 0 Å². The van der Waals surface area contributed by atoms with E-state index in [2.05, 4.69) is 13.8 Å². The lowest BCUT2D eigenvalue weighted by Crippen LogP contribution is -2.47. The van der Waals surface area contributed by atoms with E-state index in [-0.39, 0.29) is 5.91 Å². The van der Waals surface area contributed by atoms with Crippen LogP contribution in [0.4, 0.5) is 5.69 Å². The third-order valence-electron chi connectivity index (χ3n) is 5.18. The summed E-state index contributed by atoms with van der Waals surface area (Å²) in [5.41, 5.74) is 4.57. The highest BCUT2D eigenvalue weighted by Gasteiger charge is 2.42. The van der Waals surface area contributed by atoms with Gasteiger partial charge in [-0.3, -0.25) is 9.69 Å². The van der Waals surface area contributed by atoms with Gasteiger partial charge in [-0.25, -0.2) is 0 Å². The van der Waals surface area contributed by atoms with Crippen LogP contribution in [0.1, 0.15) is 29.9 Å². The first kappa shape index (κ1) is 20.0. The van der Waals surface area contributed by atoms with Crippen LogP contribution >= 0.6 is 32.9 Å². The number of aryl methyl sites for hydroxylation is 1. The maximum Gasteiger partial charge on any atom is 0.251 e. The molecule has 1 aromatic heterocycles. The molecule has 0 fully saturated rings. The van der Waals surface area contributed by atoms with E-state index in [1.165, 1.54) is 5.56 Å². The van der Waals surface area contributed by atoms with Crippen LogP contribution in [-0.4, -0.2) is 13.0 Å². The Kier molecular flexibility index (Phi) is 5.19. The van der Waals surface area contributed by atoms with Gasteiger partial charge in [-0.1, -0.05) is 62.7 Å². The van der Waals surface area contributed by atoms with Gasteiger partial charge in [0.05, 0.1) is 23.2 Å². The highest BCUT2D eigenvalue weighted by molar-refractivity contribution is 7.80. The number of hydrogen-bond donors (Lipinski definition) is 0. The van der Waals surface area contributed by atoms with Crippen molar-refractivity contribution < 1.29 is 9.53 Å². The molecule has 0 bridgehead atoms. The average Bonchev–Trinajstić information content (AvgIpc) is 3.10. The molecule has 0 N–H and O–H groups in total. The fraction of sp³-hybridized carbons (Fsp3) is 0.217. The molecule has 2 heterocycles. The van der Waals surface area contributed by atoms with Crippen molar-refractivity contribution in [3.63, 3.8) is 0 Å². The second-order valence-electron chi connectivity index (χ2n) is 7.52. The molecular formula is C23H21NO2S3. The van der Waals surface area contributed by atoms with Gasteiger partial charge >= 0.3 is 0 Å². The minimum atomic E-state index is -0.496. The Hall–Kier alpha value is -2.28. The summed E-state index contributed by atoms with van der Waals surface area (Å²) >= 11 is 5.63. The zero-order chi connectivity index (χ0) is 20.8. The number of methoxy groups -OCH3 is 1. The minimum Gasteiger partial charge on any atom is -0.497 e. The number of carbonyl (C=O) groups is 1. The second-order valence-corrected chi connectivity index (χ2v) is 10.3. The van der Waals surface area contributed by atoms with Crippen molar-refractivity contribution in [2.24, 2.45) is 0 Å². The van der Waals surface area contributed by atoms with E-state index < -0.39 is 5.54 Å². The molecule has 3 aromatic rings. The van der Waals surface area contributed by atoms with E-state index in [9.17, 15) is 4.79 Å². The SMILES string of the molecule is COc1ccc2c(c1)-c1c(ssc1=S)C(C)(C)N2C(=O)/C=C\c1ccc(C)cc1. The van der Waals surface area contributed by atoms with Gasteiger partial charge in [-0.15, -0.1) is 0 Å². The lowest BCUT2D eigenvalue weighted by molar-refractivity contribution is -0.115. The zero-order valence-corrected chi connectivity index (χ0v) is 19.1. The number of amides is 1. The Balaban J connectivity index is 1.82. The number of hydrogen-bond acceptors (Lipinski definition) is 5. The maximum absolute atomic E-state index is 13.4. The van der Waals surface area contributed by atoms with Crippen molar-refractivity contribution in [2.75, 3.05) is 12.0 Å². The van der Waals surface area contributed by atoms with Crippen LogP contribution in [0.3, 0.4) is 0 Å². The molecule has 6 heteroatoms. The smallest absolute Gasteiger partial charge is 0.251 e. The van der Waals surface area contributed by atoms with Gasteiger partial charge in [0.25, 0.3) is 5.91 Å². The lowest BCUT2D eigenvalue weighted by Gasteiger charge is -2.42. The van der Waals surface area contributed by atoms with Crippen LogP contribution in [0.25, 0.3) is 17.2 Å². The van der Waals surface area contributed by atoms with Crippen molar-refractivity contribution in [3.05, 3.63) is 68.4 Å². The zero-order valence-electron chi connectivity index (χ0n) is 16.7. The summed E-state index contributed by atoms with van der Waals surface area (Å²) in [5, 5.41) is 0. The molecule has 0 saturated carbocycles. The Bertz CT molecular complexity index is 1170. The first-order valence-electron chi connectivity index (χ1n) is 9.24. The van der Waals surface area contributed by atoms with Crippen LogP contribution < -0.4 is 9.64 Å². The monoisotopic (exact) mass is 439 g/mol. The van der Waals surface area contributed by atoms with Crippen molar-refractivity contribution >= 4 is 50.6 Å². The Morgan fingerprint density at radius 1 is 1.14 bits per heavy atom. The number of benzene rings is 2. The van der Waals surface area contributed by atoms with Crippen LogP contribution in [0.5, 0.6) is 5.75 Å². The lowest BCUT2D eigenvalue weighted by atomic mass is 9.87. The second kappa shape index (κ2) is 7.52. The largest absolute Gasteiger partial charge is 0.497 e. The van der Waals surface area contributed by atoms with E-state index in [1.54, 1.807) is 33.9 Å². The van der Waals surface area contributed by atoms with E-state index >= 15 is 0 Å². The Labute approximate surface area is 183 Å². The van der Waals surface area contributed by atoms with Crippen LogP contribution in [0.15, 0.2) is 48.5 Å². The molecule has 3 nitrogen and oxygen atoms in total. The fourth-order valence-electron chi connectivity index (χ4n) is 3.65.